The van der Waals surface area contributed by atoms with Crippen LogP contribution in [0.5, 0.6) is 0 Å². The fourth-order valence-corrected chi connectivity index (χ4v) is 3.81. The summed E-state index contributed by atoms with van der Waals surface area (Å²) in [5.74, 6) is -0.995. The van der Waals surface area contributed by atoms with Crippen molar-refractivity contribution < 1.29 is 31.9 Å². The lowest BCUT2D eigenvalue weighted by molar-refractivity contribution is -0.139. The van der Waals surface area contributed by atoms with Crippen LogP contribution in [-0.4, -0.2) is 34.6 Å². The number of ether oxygens (including phenoxy) is 2. The van der Waals surface area contributed by atoms with E-state index in [1.165, 1.54) is 55.7 Å². The number of sulfonamides is 1. The number of carbonyl (C=O) groups excluding carboxylic acids is 2. The molecule has 0 unspecified atom stereocenters. The normalized spacial score (nSPS) is 13.8. The lowest BCUT2D eigenvalue weighted by Crippen LogP contribution is -2.27. The summed E-state index contributed by atoms with van der Waals surface area (Å²) in [6, 6.07) is 9.11. The highest BCUT2D eigenvalue weighted by molar-refractivity contribution is 7.89. The van der Waals surface area contributed by atoms with Crippen molar-refractivity contribution in [3.8, 4) is 0 Å². The molecule has 0 saturated carbocycles. The van der Waals surface area contributed by atoms with Gasteiger partial charge in [-0.2, -0.15) is 0 Å². The van der Waals surface area contributed by atoms with Crippen molar-refractivity contribution in [2.45, 2.75) is 11.4 Å². The second-order valence-corrected chi connectivity index (χ2v) is 7.98. The van der Waals surface area contributed by atoms with Crippen LogP contribution in [0.1, 0.15) is 5.76 Å². The maximum atomic E-state index is 12.5. The fourth-order valence-electron chi connectivity index (χ4n) is 2.81. The monoisotopic (exact) mass is 444 g/mol. The first-order valence-electron chi connectivity index (χ1n) is 9.04. The molecule has 0 fully saturated rings. The quantitative estimate of drug-likeness (QED) is 0.647. The number of nitrogens with zero attached hydrogens (tertiary/aromatic N) is 1. The van der Waals surface area contributed by atoms with Crippen molar-refractivity contribution in [2.75, 3.05) is 19.1 Å². The van der Waals surface area contributed by atoms with E-state index in [-0.39, 0.29) is 22.7 Å². The number of benzene rings is 1. The predicted molar refractivity (Wildman–Crippen MR) is 111 cm³/mol. The van der Waals surface area contributed by atoms with Gasteiger partial charge in [-0.15, -0.1) is 0 Å². The van der Waals surface area contributed by atoms with Gasteiger partial charge in [-0.25, -0.2) is 22.7 Å². The molecule has 0 aliphatic carbocycles. The Kier molecular flexibility index (Phi) is 6.73. The first-order chi connectivity index (χ1) is 14.9. The Morgan fingerprint density at radius 2 is 1.74 bits per heavy atom. The maximum absolute atomic E-state index is 12.5. The number of hydrogen-bond acceptors (Lipinski definition) is 8. The topological polar surface area (TPSA) is 115 Å². The van der Waals surface area contributed by atoms with E-state index in [1.54, 1.807) is 30.5 Å². The Labute approximate surface area is 179 Å². The summed E-state index contributed by atoms with van der Waals surface area (Å²) in [7, 11) is -1.39. The molecule has 0 spiro atoms. The van der Waals surface area contributed by atoms with Gasteiger partial charge in [0, 0.05) is 11.9 Å². The van der Waals surface area contributed by atoms with Crippen LogP contribution in [-0.2, 0) is 35.6 Å². The second-order valence-electron chi connectivity index (χ2n) is 6.21. The van der Waals surface area contributed by atoms with Gasteiger partial charge in [0.05, 0.1) is 37.5 Å². The van der Waals surface area contributed by atoms with Crippen LogP contribution in [0.4, 0.5) is 5.69 Å². The van der Waals surface area contributed by atoms with E-state index < -0.39 is 22.0 Å². The summed E-state index contributed by atoms with van der Waals surface area (Å²) in [6.07, 6.45) is 7.64. The van der Waals surface area contributed by atoms with Crippen LogP contribution in [0.25, 0.3) is 0 Å². The molecule has 0 saturated heterocycles. The molecule has 2 aromatic rings. The van der Waals surface area contributed by atoms with Gasteiger partial charge in [-0.3, -0.25) is 0 Å². The van der Waals surface area contributed by atoms with E-state index in [0.717, 1.165) is 0 Å². The van der Waals surface area contributed by atoms with Gasteiger partial charge in [0.25, 0.3) is 0 Å². The van der Waals surface area contributed by atoms with Crippen LogP contribution in [0.2, 0.25) is 0 Å². The van der Waals surface area contributed by atoms with Crippen molar-refractivity contribution in [2.24, 2.45) is 0 Å². The van der Waals surface area contributed by atoms with Gasteiger partial charge in [-0.05, 0) is 48.6 Å². The zero-order chi connectivity index (χ0) is 22.4. The maximum Gasteiger partial charge on any atom is 0.355 e. The van der Waals surface area contributed by atoms with E-state index in [9.17, 15) is 18.0 Å². The number of nitrogens with one attached hydrogen (secondary N) is 1. The molecule has 0 atom stereocenters. The highest BCUT2D eigenvalue weighted by atomic mass is 32.2. The van der Waals surface area contributed by atoms with E-state index in [2.05, 4.69) is 4.72 Å². The predicted octanol–water partition coefficient (Wildman–Crippen LogP) is 2.25. The molecule has 0 radical (unpaired) electrons. The van der Waals surface area contributed by atoms with Crippen LogP contribution in [0.15, 0.2) is 87.7 Å². The number of esters is 2. The van der Waals surface area contributed by atoms with Gasteiger partial charge in [-0.1, -0.05) is 6.08 Å². The zero-order valence-corrected chi connectivity index (χ0v) is 17.6. The van der Waals surface area contributed by atoms with E-state index >= 15 is 0 Å². The summed E-state index contributed by atoms with van der Waals surface area (Å²) in [6.45, 7) is 0.00926. The Morgan fingerprint density at radius 1 is 1.03 bits per heavy atom. The summed E-state index contributed by atoms with van der Waals surface area (Å²) in [5.41, 5.74) is 0.369. The molecule has 1 aliphatic heterocycles. The smallest absolute Gasteiger partial charge is 0.355 e. The van der Waals surface area contributed by atoms with Crippen LogP contribution >= 0.6 is 0 Å². The van der Waals surface area contributed by atoms with Crippen molar-refractivity contribution in [1.29, 1.82) is 0 Å². The molecule has 2 heterocycles. The average molecular weight is 444 g/mol. The second kappa shape index (κ2) is 9.45. The van der Waals surface area contributed by atoms with Gasteiger partial charge in [0.1, 0.15) is 11.5 Å². The van der Waals surface area contributed by atoms with Crippen LogP contribution < -0.4 is 9.62 Å². The lowest BCUT2D eigenvalue weighted by Gasteiger charge is -2.23. The minimum absolute atomic E-state index is 0.00355. The first kappa shape index (κ1) is 22.1. The minimum Gasteiger partial charge on any atom is -0.468 e. The summed E-state index contributed by atoms with van der Waals surface area (Å²) in [5, 5.41) is 0. The van der Waals surface area contributed by atoms with E-state index in [4.69, 9.17) is 13.9 Å². The molecular weight excluding hydrogens is 424 g/mol. The highest BCUT2D eigenvalue weighted by Gasteiger charge is 2.27. The number of methoxy groups -OCH3 is 2. The molecule has 162 valence electrons. The molecular formula is C21H20N2O7S. The van der Waals surface area contributed by atoms with Crippen molar-refractivity contribution in [1.82, 2.24) is 4.72 Å². The summed E-state index contributed by atoms with van der Waals surface area (Å²) < 4.78 is 42.3. The number of rotatable bonds is 7. The number of anilines is 1. The third-order valence-electron chi connectivity index (χ3n) is 4.33. The van der Waals surface area contributed by atoms with Crippen LogP contribution in [0, 0.1) is 0 Å². The number of carbonyl (C=O) groups is 2. The van der Waals surface area contributed by atoms with Crippen molar-refractivity contribution >= 4 is 27.6 Å². The molecule has 10 heteroatoms. The van der Waals surface area contributed by atoms with E-state index in [1.807, 2.05) is 0 Å². The Bertz CT molecular complexity index is 1140. The van der Waals surface area contributed by atoms with Crippen molar-refractivity contribution in [3.05, 3.63) is 84.1 Å². The van der Waals surface area contributed by atoms with Gasteiger partial charge in [0.2, 0.25) is 10.0 Å². The van der Waals surface area contributed by atoms with E-state index in [0.29, 0.717) is 11.4 Å². The largest absolute Gasteiger partial charge is 0.468 e. The van der Waals surface area contributed by atoms with Crippen molar-refractivity contribution in [3.63, 3.8) is 0 Å². The molecule has 31 heavy (non-hydrogen) atoms. The van der Waals surface area contributed by atoms with Gasteiger partial charge in [0.15, 0.2) is 0 Å². The molecule has 1 aromatic heterocycles. The fraction of sp³-hybridized carbons (Fsp3) is 0.143. The average Bonchev–Trinajstić information content (AvgIpc) is 3.21. The minimum atomic E-state index is -3.79. The lowest BCUT2D eigenvalue weighted by atomic mass is 10.1. The standard InChI is InChI=1S/C21H20N2O7S/c1-28-20(24)18-7-3-4-12-23(19(18)21(25)29-2)15-8-10-17(11-9-15)31(26,27)22-14-16-6-5-13-30-16/h3-13,22H,14H2,1-2H3. The Hall–Kier alpha value is -3.63. The molecule has 9 nitrogen and oxygen atoms in total. The molecule has 3 rings (SSSR count). The van der Waals surface area contributed by atoms with Crippen LogP contribution in [0.3, 0.4) is 0 Å². The van der Waals surface area contributed by atoms with Gasteiger partial charge < -0.3 is 18.8 Å². The summed E-state index contributed by atoms with van der Waals surface area (Å²) >= 11 is 0. The number of furan rings is 1. The molecule has 1 aliphatic rings. The Balaban J connectivity index is 1.92. The summed E-state index contributed by atoms with van der Waals surface area (Å²) in [4.78, 5) is 26.1. The first-order valence-corrected chi connectivity index (χ1v) is 10.5. The zero-order valence-electron chi connectivity index (χ0n) is 16.8. The third kappa shape index (κ3) is 4.93. The number of allylic oxidation sites excluding steroid dienone is 2. The number of hydrogen-bond donors (Lipinski definition) is 1. The van der Waals surface area contributed by atoms with Gasteiger partial charge >= 0.3 is 11.9 Å². The molecule has 1 N–H and O–H groups in total. The third-order valence-corrected chi connectivity index (χ3v) is 5.75. The molecule has 1 aromatic carbocycles. The molecule has 0 amide bonds. The highest BCUT2D eigenvalue weighted by Crippen LogP contribution is 2.27. The molecule has 0 bridgehead atoms. The SMILES string of the molecule is COC(=O)C1=C(C(=O)OC)N(c2ccc(S(=O)(=O)NCc3ccco3)cc2)C=CC=C1. The Morgan fingerprint density at radius 3 is 2.35 bits per heavy atom.